The number of rotatable bonds is 3. The Kier molecular flexibility index (Phi) is 3.71. The third-order valence-corrected chi connectivity index (χ3v) is 4.64. The van der Waals surface area contributed by atoms with Crippen molar-refractivity contribution < 1.29 is 9.53 Å². The zero-order valence-electron chi connectivity index (χ0n) is 10.7. The maximum Gasteiger partial charge on any atom is 0.407 e. The Hall–Kier alpha value is -0.640. The lowest BCUT2D eigenvalue weighted by Gasteiger charge is -2.21. The number of allylic oxidation sites excluding steroid dienone is 1. The predicted octanol–water partition coefficient (Wildman–Crippen LogP) is 2.96. The fraction of sp³-hybridized carbons (Fsp3) is 0.769. The van der Waals surface area contributed by atoms with Gasteiger partial charge in [0.1, 0.15) is 5.60 Å². The topological polar surface area (TPSA) is 38.3 Å². The quantitative estimate of drug-likeness (QED) is 0.788. The third kappa shape index (κ3) is 3.66. The van der Waals surface area contributed by atoms with Gasteiger partial charge in [-0.25, -0.2) is 4.79 Å². The van der Waals surface area contributed by atoms with E-state index in [9.17, 15) is 4.79 Å². The maximum atomic E-state index is 11.4. The van der Waals surface area contributed by atoms with Crippen molar-refractivity contribution >= 4 is 17.9 Å². The van der Waals surface area contributed by atoms with Crippen molar-refractivity contribution in [2.45, 2.75) is 49.7 Å². The number of hydrogen-bond acceptors (Lipinski definition) is 3. The van der Waals surface area contributed by atoms with Crippen LogP contribution in [0.1, 0.15) is 33.6 Å². The summed E-state index contributed by atoms with van der Waals surface area (Å²) in [5.74, 6) is 0.727. The van der Waals surface area contributed by atoms with E-state index >= 15 is 0 Å². The zero-order chi connectivity index (χ0) is 12.5. The van der Waals surface area contributed by atoms with Gasteiger partial charge >= 0.3 is 6.09 Å². The lowest BCUT2D eigenvalue weighted by atomic mass is 10.0. The highest BCUT2D eigenvalue weighted by Gasteiger charge is 2.35. The van der Waals surface area contributed by atoms with E-state index in [0.29, 0.717) is 11.8 Å². The van der Waals surface area contributed by atoms with Crippen LogP contribution in [-0.2, 0) is 4.74 Å². The summed E-state index contributed by atoms with van der Waals surface area (Å²) < 4.78 is 5.19. The Labute approximate surface area is 107 Å². The molecule has 96 valence electrons. The average molecular weight is 255 g/mol. The van der Waals surface area contributed by atoms with Crippen LogP contribution in [0.3, 0.4) is 0 Å². The number of amides is 1. The second-order valence-corrected chi connectivity index (χ2v) is 7.20. The number of carbonyl (C=O) groups excluding carboxylic acids is 1. The van der Waals surface area contributed by atoms with Gasteiger partial charge in [0.15, 0.2) is 0 Å². The highest BCUT2D eigenvalue weighted by Crippen LogP contribution is 2.45. The SMILES string of the molecule is CC(C)(C)OC(=O)NCC[C@H]1S[C@H]2C=C[C@H]1C2. The number of fused-ring (bicyclic) bond motifs is 2. The second kappa shape index (κ2) is 4.92. The Balaban J connectivity index is 1.63. The van der Waals surface area contributed by atoms with E-state index < -0.39 is 5.60 Å². The summed E-state index contributed by atoms with van der Waals surface area (Å²) in [6.45, 7) is 6.35. The Morgan fingerprint density at radius 1 is 1.47 bits per heavy atom. The Morgan fingerprint density at radius 2 is 2.24 bits per heavy atom. The van der Waals surface area contributed by atoms with E-state index in [4.69, 9.17) is 4.74 Å². The first-order valence-corrected chi connectivity index (χ1v) is 7.19. The van der Waals surface area contributed by atoms with Crippen molar-refractivity contribution in [1.29, 1.82) is 0 Å². The van der Waals surface area contributed by atoms with Crippen molar-refractivity contribution in [3.8, 4) is 0 Å². The van der Waals surface area contributed by atoms with E-state index in [1.54, 1.807) is 0 Å². The summed E-state index contributed by atoms with van der Waals surface area (Å²) in [6, 6.07) is 0. The van der Waals surface area contributed by atoms with E-state index in [1.807, 2.05) is 32.5 Å². The summed E-state index contributed by atoms with van der Waals surface area (Å²) in [7, 11) is 0. The minimum atomic E-state index is -0.409. The number of hydrogen-bond donors (Lipinski definition) is 1. The molecule has 0 spiro atoms. The van der Waals surface area contributed by atoms with Crippen LogP contribution in [0.2, 0.25) is 0 Å². The van der Waals surface area contributed by atoms with Crippen LogP contribution in [0, 0.1) is 5.92 Å². The normalized spacial score (nSPS) is 30.6. The molecule has 0 aromatic carbocycles. The van der Waals surface area contributed by atoms with Crippen molar-refractivity contribution in [1.82, 2.24) is 5.32 Å². The highest BCUT2D eigenvalue weighted by atomic mass is 32.2. The molecule has 2 aliphatic rings. The van der Waals surface area contributed by atoms with Crippen LogP contribution in [0.15, 0.2) is 12.2 Å². The molecule has 17 heavy (non-hydrogen) atoms. The van der Waals surface area contributed by atoms with Crippen LogP contribution < -0.4 is 5.32 Å². The molecule has 1 amide bonds. The molecule has 1 N–H and O–H groups in total. The van der Waals surface area contributed by atoms with Crippen molar-refractivity contribution in [3.05, 3.63) is 12.2 Å². The number of nitrogens with one attached hydrogen (secondary N) is 1. The number of carbonyl (C=O) groups is 1. The van der Waals surface area contributed by atoms with Gasteiger partial charge in [0.25, 0.3) is 0 Å². The summed E-state index contributed by atoms with van der Waals surface area (Å²) >= 11 is 2.05. The molecule has 0 unspecified atom stereocenters. The summed E-state index contributed by atoms with van der Waals surface area (Å²) in [5.41, 5.74) is -0.409. The first kappa shape index (κ1) is 12.8. The van der Waals surface area contributed by atoms with Gasteiger partial charge in [-0.15, -0.1) is 0 Å². The highest BCUT2D eigenvalue weighted by molar-refractivity contribution is 8.01. The molecule has 0 aromatic rings. The van der Waals surface area contributed by atoms with Gasteiger partial charge in [0.2, 0.25) is 0 Å². The molecule has 4 heteroatoms. The zero-order valence-corrected chi connectivity index (χ0v) is 11.5. The average Bonchev–Trinajstić information content (AvgIpc) is 2.75. The van der Waals surface area contributed by atoms with Gasteiger partial charge in [-0.05, 0) is 39.5 Å². The van der Waals surface area contributed by atoms with E-state index in [-0.39, 0.29) is 6.09 Å². The van der Waals surface area contributed by atoms with Crippen LogP contribution >= 0.6 is 11.8 Å². The minimum Gasteiger partial charge on any atom is -0.444 e. The fourth-order valence-electron chi connectivity index (χ4n) is 2.31. The Morgan fingerprint density at radius 3 is 2.76 bits per heavy atom. The smallest absolute Gasteiger partial charge is 0.407 e. The minimum absolute atomic E-state index is 0.304. The van der Waals surface area contributed by atoms with E-state index in [1.165, 1.54) is 6.42 Å². The monoisotopic (exact) mass is 255 g/mol. The van der Waals surface area contributed by atoms with Crippen LogP contribution in [0.25, 0.3) is 0 Å². The molecular formula is C13H21NO2S. The largest absolute Gasteiger partial charge is 0.444 e. The molecule has 1 fully saturated rings. The molecule has 0 saturated carbocycles. The van der Waals surface area contributed by atoms with Crippen LogP contribution in [0.4, 0.5) is 4.79 Å². The lowest BCUT2D eigenvalue weighted by Crippen LogP contribution is -2.34. The molecule has 1 heterocycles. The molecule has 0 aromatic heterocycles. The number of ether oxygens (including phenoxy) is 1. The van der Waals surface area contributed by atoms with Crippen molar-refractivity contribution in [3.63, 3.8) is 0 Å². The van der Waals surface area contributed by atoms with Gasteiger partial charge in [-0.2, -0.15) is 11.8 Å². The first-order chi connectivity index (χ1) is 7.94. The number of thioether (sulfide) groups is 1. The van der Waals surface area contributed by atoms with Gasteiger partial charge in [-0.3, -0.25) is 0 Å². The molecular weight excluding hydrogens is 234 g/mol. The molecule has 2 rings (SSSR count). The standard InChI is InChI=1S/C13H21NO2S/c1-13(2,3)16-12(15)14-7-6-11-9-4-5-10(8-9)17-11/h4-5,9-11H,6-8H2,1-3H3,(H,14,15)/t9-,10-,11+/m0/s1. The summed E-state index contributed by atoms with van der Waals surface area (Å²) in [4.78, 5) is 11.4. The summed E-state index contributed by atoms with van der Waals surface area (Å²) in [5, 5.41) is 4.24. The molecule has 2 bridgehead atoms. The Bertz CT molecular complexity index is 322. The fourth-order valence-corrected chi connectivity index (χ4v) is 3.93. The van der Waals surface area contributed by atoms with Gasteiger partial charge in [0, 0.05) is 17.0 Å². The van der Waals surface area contributed by atoms with E-state index in [0.717, 1.165) is 17.6 Å². The van der Waals surface area contributed by atoms with Gasteiger partial charge in [-0.1, -0.05) is 12.2 Å². The predicted molar refractivity (Wildman–Crippen MR) is 71.3 cm³/mol. The molecule has 0 radical (unpaired) electrons. The maximum absolute atomic E-state index is 11.4. The summed E-state index contributed by atoms with van der Waals surface area (Å²) in [6.07, 6.45) is 6.67. The van der Waals surface area contributed by atoms with Crippen molar-refractivity contribution in [2.24, 2.45) is 5.92 Å². The van der Waals surface area contributed by atoms with E-state index in [2.05, 4.69) is 17.5 Å². The molecule has 1 aliphatic carbocycles. The molecule has 3 atom stereocenters. The first-order valence-electron chi connectivity index (χ1n) is 6.25. The lowest BCUT2D eigenvalue weighted by molar-refractivity contribution is 0.0527. The van der Waals surface area contributed by atoms with Gasteiger partial charge in [0.05, 0.1) is 0 Å². The van der Waals surface area contributed by atoms with Gasteiger partial charge < -0.3 is 10.1 Å². The number of alkyl carbamates (subject to hydrolysis) is 1. The molecule has 1 aliphatic heterocycles. The van der Waals surface area contributed by atoms with Crippen LogP contribution in [0.5, 0.6) is 0 Å². The van der Waals surface area contributed by atoms with Crippen LogP contribution in [-0.4, -0.2) is 28.7 Å². The van der Waals surface area contributed by atoms with Crippen molar-refractivity contribution in [2.75, 3.05) is 6.54 Å². The molecule has 3 nitrogen and oxygen atoms in total. The second-order valence-electron chi connectivity index (χ2n) is 5.71. The molecule has 1 saturated heterocycles. The third-order valence-electron chi connectivity index (χ3n) is 3.00.